The quantitative estimate of drug-likeness (QED) is 0.494. The first kappa shape index (κ1) is 14.1. The number of allylic oxidation sites excluding steroid dienone is 2. The Bertz CT molecular complexity index is 476. The largest absolute Gasteiger partial charge is 0.512 e. The molecular formula is C13H14Cl2O2. The Labute approximate surface area is 111 Å². The fourth-order valence-electron chi connectivity index (χ4n) is 1.42. The summed E-state index contributed by atoms with van der Waals surface area (Å²) < 4.78 is 0. The van der Waals surface area contributed by atoms with Gasteiger partial charge in [-0.25, -0.2) is 0 Å². The van der Waals surface area contributed by atoms with E-state index in [1.165, 1.54) is 6.07 Å². The number of hydrogen-bond donors (Lipinski definition) is 1. The molecule has 4 heteroatoms. The Balaban J connectivity index is 3.18. The zero-order valence-corrected chi connectivity index (χ0v) is 11.4. The molecule has 0 aliphatic carbocycles. The zero-order valence-electron chi connectivity index (χ0n) is 9.92. The lowest BCUT2D eigenvalue weighted by molar-refractivity contribution is 0.102. The number of Topliss-reactive ketones (excluding diaryl/α,β-unsaturated/α-hetero) is 1. The number of aliphatic hydroxyl groups excluding tert-OH is 1. The van der Waals surface area contributed by atoms with Crippen LogP contribution in [0.25, 0.3) is 0 Å². The SMILES string of the molecule is C/C(C(=O)c1ccc(Cl)cc1Cl)=C(/O)C(C)C. The topological polar surface area (TPSA) is 37.3 Å². The molecule has 0 aliphatic heterocycles. The number of carbonyl (C=O) groups is 1. The van der Waals surface area contributed by atoms with Gasteiger partial charge in [-0.15, -0.1) is 0 Å². The number of benzene rings is 1. The smallest absolute Gasteiger partial charge is 0.193 e. The maximum Gasteiger partial charge on any atom is 0.193 e. The summed E-state index contributed by atoms with van der Waals surface area (Å²) in [5.41, 5.74) is 0.657. The van der Waals surface area contributed by atoms with Crippen molar-refractivity contribution in [3.63, 3.8) is 0 Å². The summed E-state index contributed by atoms with van der Waals surface area (Å²) in [6.45, 7) is 5.22. The number of aliphatic hydroxyl groups is 1. The van der Waals surface area contributed by atoms with Gasteiger partial charge in [0.05, 0.1) is 5.02 Å². The molecule has 0 aliphatic rings. The third-order valence-electron chi connectivity index (χ3n) is 2.45. The molecule has 0 heterocycles. The first-order valence-electron chi connectivity index (χ1n) is 5.24. The highest BCUT2D eigenvalue weighted by Crippen LogP contribution is 2.24. The fraction of sp³-hybridized carbons (Fsp3) is 0.308. The van der Waals surface area contributed by atoms with E-state index in [9.17, 15) is 9.90 Å². The van der Waals surface area contributed by atoms with Crippen LogP contribution in [0.15, 0.2) is 29.5 Å². The molecule has 0 bridgehead atoms. The predicted molar refractivity (Wildman–Crippen MR) is 71.0 cm³/mol. The first-order valence-corrected chi connectivity index (χ1v) is 5.99. The standard InChI is InChI=1S/C13H14Cl2O2/c1-7(2)12(16)8(3)13(17)10-5-4-9(14)6-11(10)15/h4-7,16H,1-3H3/b12-8-. The van der Waals surface area contributed by atoms with E-state index in [0.29, 0.717) is 21.2 Å². The lowest BCUT2D eigenvalue weighted by Crippen LogP contribution is -2.07. The first-order chi connectivity index (χ1) is 7.84. The van der Waals surface area contributed by atoms with Crippen molar-refractivity contribution in [2.75, 3.05) is 0 Å². The van der Waals surface area contributed by atoms with Crippen LogP contribution in [0.3, 0.4) is 0 Å². The summed E-state index contributed by atoms with van der Waals surface area (Å²) in [6, 6.07) is 4.67. The van der Waals surface area contributed by atoms with Crippen LogP contribution in [-0.4, -0.2) is 10.9 Å². The lowest BCUT2D eigenvalue weighted by atomic mass is 9.99. The van der Waals surface area contributed by atoms with E-state index < -0.39 is 0 Å². The van der Waals surface area contributed by atoms with Gasteiger partial charge in [0.1, 0.15) is 5.76 Å². The van der Waals surface area contributed by atoms with Crippen LogP contribution >= 0.6 is 23.2 Å². The number of hydrogen-bond acceptors (Lipinski definition) is 2. The molecule has 1 rings (SSSR count). The molecule has 0 fully saturated rings. The molecule has 0 radical (unpaired) electrons. The molecule has 0 spiro atoms. The lowest BCUT2D eigenvalue weighted by Gasteiger charge is -2.09. The Morgan fingerprint density at radius 3 is 2.35 bits per heavy atom. The van der Waals surface area contributed by atoms with Crippen LogP contribution < -0.4 is 0 Å². The van der Waals surface area contributed by atoms with Crippen LogP contribution in [0.5, 0.6) is 0 Å². The Morgan fingerprint density at radius 1 is 1.29 bits per heavy atom. The van der Waals surface area contributed by atoms with Crippen molar-refractivity contribution in [2.45, 2.75) is 20.8 Å². The second-order valence-corrected chi connectivity index (χ2v) is 4.96. The number of carbonyl (C=O) groups excluding carboxylic acids is 1. The average molecular weight is 273 g/mol. The van der Waals surface area contributed by atoms with Crippen molar-refractivity contribution in [1.29, 1.82) is 0 Å². The van der Waals surface area contributed by atoms with E-state index in [2.05, 4.69) is 0 Å². The Morgan fingerprint density at radius 2 is 1.88 bits per heavy atom. The van der Waals surface area contributed by atoms with Crippen molar-refractivity contribution in [3.05, 3.63) is 45.1 Å². The van der Waals surface area contributed by atoms with E-state index in [0.717, 1.165) is 0 Å². The van der Waals surface area contributed by atoms with Gasteiger partial charge in [-0.05, 0) is 25.1 Å². The molecule has 0 saturated carbocycles. The summed E-state index contributed by atoms with van der Waals surface area (Å²) in [5.74, 6) is -0.288. The molecule has 0 unspecified atom stereocenters. The van der Waals surface area contributed by atoms with Gasteiger partial charge in [0.15, 0.2) is 5.78 Å². The van der Waals surface area contributed by atoms with Gasteiger partial charge in [0.2, 0.25) is 0 Å². The minimum Gasteiger partial charge on any atom is -0.512 e. The normalized spacial score (nSPS) is 12.6. The molecule has 0 atom stereocenters. The molecule has 1 N–H and O–H groups in total. The summed E-state index contributed by atoms with van der Waals surface area (Å²) in [5, 5.41) is 10.5. The molecule has 92 valence electrons. The second kappa shape index (κ2) is 5.56. The van der Waals surface area contributed by atoms with Gasteiger partial charge in [0, 0.05) is 22.1 Å². The van der Waals surface area contributed by atoms with Crippen molar-refractivity contribution in [1.82, 2.24) is 0 Å². The van der Waals surface area contributed by atoms with Crippen LogP contribution in [-0.2, 0) is 0 Å². The molecule has 17 heavy (non-hydrogen) atoms. The molecule has 2 nitrogen and oxygen atoms in total. The molecular weight excluding hydrogens is 259 g/mol. The van der Waals surface area contributed by atoms with Crippen molar-refractivity contribution in [3.8, 4) is 0 Å². The van der Waals surface area contributed by atoms with Crippen LogP contribution in [0, 0.1) is 5.92 Å². The number of ketones is 1. The van der Waals surface area contributed by atoms with Gasteiger partial charge in [-0.1, -0.05) is 37.0 Å². The molecule has 1 aromatic carbocycles. The van der Waals surface area contributed by atoms with Crippen LogP contribution in [0.1, 0.15) is 31.1 Å². The highest BCUT2D eigenvalue weighted by Gasteiger charge is 2.17. The molecule has 0 amide bonds. The summed E-state index contributed by atoms with van der Waals surface area (Å²) in [6.07, 6.45) is 0. The minimum absolute atomic E-state index is 0.0843. The monoisotopic (exact) mass is 272 g/mol. The van der Waals surface area contributed by atoms with E-state index in [1.54, 1.807) is 19.1 Å². The van der Waals surface area contributed by atoms with Gasteiger partial charge in [-0.2, -0.15) is 0 Å². The van der Waals surface area contributed by atoms with Gasteiger partial charge in [-0.3, -0.25) is 4.79 Å². The van der Waals surface area contributed by atoms with Gasteiger partial charge >= 0.3 is 0 Å². The predicted octanol–water partition coefficient (Wildman–Crippen LogP) is 4.66. The van der Waals surface area contributed by atoms with Gasteiger partial charge in [0.25, 0.3) is 0 Å². The fourth-order valence-corrected chi connectivity index (χ4v) is 1.92. The highest BCUT2D eigenvalue weighted by molar-refractivity contribution is 6.37. The van der Waals surface area contributed by atoms with Gasteiger partial charge < -0.3 is 5.11 Å². The van der Waals surface area contributed by atoms with Crippen LogP contribution in [0.2, 0.25) is 10.0 Å². The number of rotatable bonds is 3. The second-order valence-electron chi connectivity index (χ2n) is 4.12. The van der Waals surface area contributed by atoms with E-state index in [-0.39, 0.29) is 17.5 Å². The zero-order chi connectivity index (χ0) is 13.2. The maximum atomic E-state index is 12.1. The molecule has 0 saturated heterocycles. The highest BCUT2D eigenvalue weighted by atomic mass is 35.5. The summed E-state index contributed by atoms with van der Waals surface area (Å²) >= 11 is 11.7. The Kier molecular flexibility index (Phi) is 4.61. The van der Waals surface area contributed by atoms with Crippen molar-refractivity contribution in [2.24, 2.45) is 5.92 Å². The van der Waals surface area contributed by atoms with E-state index in [4.69, 9.17) is 23.2 Å². The minimum atomic E-state index is -0.280. The Hall–Kier alpha value is -0.990. The third kappa shape index (κ3) is 3.24. The summed E-state index contributed by atoms with van der Waals surface area (Å²) in [4.78, 5) is 12.1. The average Bonchev–Trinajstić information content (AvgIpc) is 2.26. The van der Waals surface area contributed by atoms with E-state index in [1.807, 2.05) is 13.8 Å². The van der Waals surface area contributed by atoms with E-state index >= 15 is 0 Å². The molecule has 1 aromatic rings. The van der Waals surface area contributed by atoms with Crippen molar-refractivity contribution >= 4 is 29.0 Å². The maximum absolute atomic E-state index is 12.1. The third-order valence-corrected chi connectivity index (χ3v) is 3.00. The van der Waals surface area contributed by atoms with Crippen LogP contribution in [0.4, 0.5) is 0 Å². The molecule has 0 aromatic heterocycles. The number of halogens is 2. The van der Waals surface area contributed by atoms with Crippen molar-refractivity contribution < 1.29 is 9.90 Å². The summed E-state index contributed by atoms with van der Waals surface area (Å²) in [7, 11) is 0.